The Hall–Kier alpha value is -5.29. The third-order valence-electron chi connectivity index (χ3n) is 9.88. The van der Waals surface area contributed by atoms with Crippen molar-refractivity contribution < 1.29 is 23.5 Å². The number of esters is 1. The van der Waals surface area contributed by atoms with E-state index in [0.29, 0.717) is 65.5 Å². The minimum Gasteiger partial charge on any atom is -0.455 e. The van der Waals surface area contributed by atoms with Gasteiger partial charge in [0.05, 0.1) is 35.4 Å². The molecule has 0 aliphatic carbocycles. The van der Waals surface area contributed by atoms with Crippen LogP contribution in [0.1, 0.15) is 38.3 Å². The molecule has 2 aliphatic heterocycles. The summed E-state index contributed by atoms with van der Waals surface area (Å²) in [5, 5.41) is 3.43. The van der Waals surface area contributed by atoms with Gasteiger partial charge in [0, 0.05) is 63.5 Å². The minimum atomic E-state index is -0.352. The van der Waals surface area contributed by atoms with Crippen LogP contribution in [0.15, 0.2) is 106 Å². The summed E-state index contributed by atoms with van der Waals surface area (Å²) in [4.78, 5) is 47.0. The number of amides is 1. The number of hydrogen-bond acceptors (Lipinski definition) is 9. The summed E-state index contributed by atoms with van der Waals surface area (Å²) in [6, 6.07) is 30.0. The first-order chi connectivity index (χ1) is 25.5. The van der Waals surface area contributed by atoms with Crippen LogP contribution in [0.5, 0.6) is 5.75 Å². The Labute approximate surface area is 303 Å². The smallest absolute Gasteiger partial charge is 0.343 e. The summed E-state index contributed by atoms with van der Waals surface area (Å²) >= 11 is 0. The molecule has 0 spiro atoms. The lowest BCUT2D eigenvalue weighted by Gasteiger charge is -2.36. The average Bonchev–Trinajstić information content (AvgIpc) is 3.19. The molecule has 268 valence electrons. The quantitative estimate of drug-likeness (QED) is 0.105. The van der Waals surface area contributed by atoms with Crippen LogP contribution < -0.4 is 20.4 Å². The maximum Gasteiger partial charge on any atom is 0.343 e. The van der Waals surface area contributed by atoms with Gasteiger partial charge in [0.25, 0.3) is 5.91 Å². The number of ether oxygens (including phenoxy) is 2. The van der Waals surface area contributed by atoms with Crippen LogP contribution in [0.2, 0.25) is 0 Å². The van der Waals surface area contributed by atoms with E-state index in [0.717, 1.165) is 69.0 Å². The van der Waals surface area contributed by atoms with Gasteiger partial charge in [-0.2, -0.15) is 0 Å². The number of piperazine rings is 1. The van der Waals surface area contributed by atoms with Crippen molar-refractivity contribution in [2.45, 2.75) is 19.9 Å². The van der Waals surface area contributed by atoms with Crippen molar-refractivity contribution in [2.75, 3.05) is 70.5 Å². The number of carbonyl (C=O) groups is 2. The highest BCUT2D eigenvalue weighted by atomic mass is 16.5. The molecule has 4 aromatic carbocycles. The molecule has 0 atom stereocenters. The van der Waals surface area contributed by atoms with Crippen molar-refractivity contribution in [1.29, 1.82) is 0 Å². The van der Waals surface area contributed by atoms with Crippen LogP contribution in [0.3, 0.4) is 0 Å². The zero-order valence-electron chi connectivity index (χ0n) is 29.5. The number of rotatable bonds is 11. The first kappa shape index (κ1) is 35.1. The lowest BCUT2D eigenvalue weighted by molar-refractivity contribution is 0.0339. The number of hydrogen-bond donors (Lipinski definition) is 1. The molecule has 2 fully saturated rings. The predicted molar refractivity (Wildman–Crippen MR) is 202 cm³/mol. The van der Waals surface area contributed by atoms with E-state index in [1.165, 1.54) is 0 Å². The molecule has 2 saturated heterocycles. The Bertz CT molecular complexity index is 2080. The van der Waals surface area contributed by atoms with Crippen molar-refractivity contribution >= 4 is 28.5 Å². The van der Waals surface area contributed by atoms with Gasteiger partial charge in [-0.05, 0) is 55.8 Å². The van der Waals surface area contributed by atoms with Gasteiger partial charge in [0.1, 0.15) is 5.76 Å². The molecule has 0 bridgehead atoms. The van der Waals surface area contributed by atoms with Crippen molar-refractivity contribution in [2.24, 2.45) is 0 Å². The van der Waals surface area contributed by atoms with Crippen LogP contribution >= 0.6 is 0 Å². The molecule has 5 aromatic rings. The highest BCUT2D eigenvalue weighted by Gasteiger charge is 2.23. The Kier molecular flexibility index (Phi) is 11.1. The van der Waals surface area contributed by atoms with Gasteiger partial charge in [0.15, 0.2) is 16.8 Å². The van der Waals surface area contributed by atoms with Gasteiger partial charge in [-0.1, -0.05) is 66.7 Å². The number of carbonyl (C=O) groups excluding carboxylic acids is 2. The molecule has 52 heavy (non-hydrogen) atoms. The van der Waals surface area contributed by atoms with E-state index in [1.807, 2.05) is 78.9 Å². The normalized spacial score (nSPS) is 15.4. The maximum absolute atomic E-state index is 13.5. The standard InChI is InChI=1S/C42H44N4O6/c1-30-38(47)34-15-9-16-35(40(34)52-39(30)31-11-3-2-4-12-31)41(48)43-19-10-20-44-21-23-46(24-22-44)36-17-7-8-18-37(36)51-42(49)33-14-6-5-13-32(33)29-45-25-27-50-28-26-45/h2-9,11-18H,10,19-29H2,1H3,(H,43,48). The summed E-state index contributed by atoms with van der Waals surface area (Å²) < 4.78 is 17.8. The predicted octanol–water partition coefficient (Wildman–Crippen LogP) is 5.76. The second-order valence-electron chi connectivity index (χ2n) is 13.3. The molecular formula is C42H44N4O6. The van der Waals surface area contributed by atoms with Crippen molar-refractivity contribution in [3.8, 4) is 17.1 Å². The molecule has 10 nitrogen and oxygen atoms in total. The number of nitrogens with zero attached hydrogens (tertiary/aromatic N) is 3. The number of benzene rings is 4. The van der Waals surface area contributed by atoms with Crippen LogP contribution in [0.25, 0.3) is 22.3 Å². The van der Waals surface area contributed by atoms with Gasteiger partial charge in [-0.25, -0.2) is 4.79 Å². The van der Waals surface area contributed by atoms with Crippen LogP contribution in [0, 0.1) is 6.92 Å². The van der Waals surface area contributed by atoms with Gasteiger partial charge in [0.2, 0.25) is 0 Å². The average molecular weight is 701 g/mol. The van der Waals surface area contributed by atoms with E-state index in [9.17, 15) is 14.4 Å². The monoisotopic (exact) mass is 700 g/mol. The fourth-order valence-electron chi connectivity index (χ4n) is 6.98. The Balaban J connectivity index is 0.923. The van der Waals surface area contributed by atoms with Crippen molar-refractivity contribution in [1.82, 2.24) is 15.1 Å². The first-order valence-electron chi connectivity index (χ1n) is 18.0. The molecule has 2 aliphatic rings. The van der Waals surface area contributed by atoms with E-state index >= 15 is 0 Å². The number of para-hydroxylation sites is 3. The molecule has 0 radical (unpaired) electrons. The summed E-state index contributed by atoms with van der Waals surface area (Å²) in [5.74, 6) is 0.411. The van der Waals surface area contributed by atoms with Gasteiger partial charge in [-0.15, -0.1) is 0 Å². The highest BCUT2D eigenvalue weighted by molar-refractivity contribution is 6.05. The Morgan fingerprint density at radius 3 is 2.29 bits per heavy atom. The lowest BCUT2D eigenvalue weighted by Crippen LogP contribution is -2.47. The second kappa shape index (κ2) is 16.4. The summed E-state index contributed by atoms with van der Waals surface area (Å²) in [5.41, 5.74) is 4.25. The van der Waals surface area contributed by atoms with E-state index in [1.54, 1.807) is 25.1 Å². The maximum atomic E-state index is 13.5. The topological polar surface area (TPSA) is 105 Å². The van der Waals surface area contributed by atoms with E-state index in [4.69, 9.17) is 13.9 Å². The van der Waals surface area contributed by atoms with E-state index < -0.39 is 0 Å². The third kappa shape index (κ3) is 7.94. The van der Waals surface area contributed by atoms with Crippen LogP contribution in [0.4, 0.5) is 5.69 Å². The molecule has 10 heteroatoms. The van der Waals surface area contributed by atoms with Crippen LogP contribution in [-0.4, -0.2) is 87.2 Å². The second-order valence-corrected chi connectivity index (χ2v) is 13.3. The SMILES string of the molecule is Cc1c(-c2ccccc2)oc2c(C(=O)NCCCN3CCN(c4ccccc4OC(=O)c4ccccc4CN4CCOCC4)CC3)cccc2c1=O. The van der Waals surface area contributed by atoms with E-state index in [-0.39, 0.29) is 17.3 Å². The number of nitrogens with one attached hydrogen (secondary N) is 1. The third-order valence-corrected chi connectivity index (χ3v) is 9.88. The summed E-state index contributed by atoms with van der Waals surface area (Å²) in [6.07, 6.45) is 0.771. The molecule has 7 rings (SSSR count). The fourth-order valence-corrected chi connectivity index (χ4v) is 6.98. The first-order valence-corrected chi connectivity index (χ1v) is 18.0. The molecule has 1 amide bonds. The molecular weight excluding hydrogens is 656 g/mol. The Morgan fingerprint density at radius 1 is 0.769 bits per heavy atom. The molecule has 0 unspecified atom stereocenters. The van der Waals surface area contributed by atoms with E-state index in [2.05, 4.69) is 20.0 Å². The van der Waals surface area contributed by atoms with Gasteiger partial charge < -0.3 is 24.1 Å². The highest BCUT2D eigenvalue weighted by Crippen LogP contribution is 2.31. The summed E-state index contributed by atoms with van der Waals surface area (Å²) in [7, 11) is 0. The molecule has 1 N–H and O–H groups in total. The zero-order valence-corrected chi connectivity index (χ0v) is 29.5. The van der Waals surface area contributed by atoms with Crippen molar-refractivity contribution in [3.05, 3.63) is 130 Å². The summed E-state index contributed by atoms with van der Waals surface area (Å²) in [6.45, 7) is 10.1. The zero-order chi connectivity index (χ0) is 35.9. The lowest BCUT2D eigenvalue weighted by atomic mass is 10.0. The number of morpholine rings is 1. The van der Waals surface area contributed by atoms with Crippen LogP contribution in [-0.2, 0) is 11.3 Å². The number of anilines is 1. The molecule has 0 saturated carbocycles. The van der Waals surface area contributed by atoms with Gasteiger partial charge >= 0.3 is 5.97 Å². The fraction of sp³-hybridized carbons (Fsp3) is 0.310. The minimum absolute atomic E-state index is 0.139. The molecule has 3 heterocycles. The molecule has 1 aromatic heterocycles. The Morgan fingerprint density at radius 2 is 1.48 bits per heavy atom. The largest absolute Gasteiger partial charge is 0.455 e. The van der Waals surface area contributed by atoms with Gasteiger partial charge in [-0.3, -0.25) is 19.4 Å². The number of fused-ring (bicyclic) bond motifs is 1. The van der Waals surface area contributed by atoms with Crippen molar-refractivity contribution in [3.63, 3.8) is 0 Å².